The van der Waals surface area contributed by atoms with Crippen LogP contribution in [0.25, 0.3) is 0 Å². The first-order valence-electron chi connectivity index (χ1n) is 3.79. The van der Waals surface area contributed by atoms with E-state index in [1.165, 1.54) is 12.3 Å². The molecule has 0 aliphatic heterocycles. The highest BCUT2D eigenvalue weighted by atomic mass is 16.4. The zero-order valence-electron chi connectivity index (χ0n) is 7.10. The van der Waals surface area contributed by atoms with Crippen LogP contribution in [0.2, 0.25) is 0 Å². The molecule has 0 fully saturated rings. The second-order valence-electron chi connectivity index (χ2n) is 2.53. The van der Waals surface area contributed by atoms with E-state index in [0.717, 1.165) is 0 Å². The SMILES string of the molecule is O=C(NCC(O)C(=O)O)c1ccn[nH]1. The Bertz CT molecular complexity index is 322. The molecule has 0 aromatic carbocycles. The first-order chi connectivity index (χ1) is 6.61. The fourth-order valence-electron chi connectivity index (χ4n) is 0.754. The lowest BCUT2D eigenvalue weighted by atomic mass is 10.3. The molecule has 0 aliphatic carbocycles. The normalized spacial score (nSPS) is 12.1. The highest BCUT2D eigenvalue weighted by Gasteiger charge is 2.15. The molecule has 0 saturated carbocycles. The van der Waals surface area contributed by atoms with Crippen LogP contribution in [-0.4, -0.2) is 44.9 Å². The number of aliphatic carboxylic acids is 1. The lowest BCUT2D eigenvalue weighted by molar-refractivity contribution is -0.146. The predicted octanol–water partition coefficient (Wildman–Crippen LogP) is -1.42. The highest BCUT2D eigenvalue weighted by Crippen LogP contribution is 1.90. The van der Waals surface area contributed by atoms with Gasteiger partial charge in [-0.15, -0.1) is 0 Å². The number of aromatic amines is 1. The highest BCUT2D eigenvalue weighted by molar-refractivity contribution is 5.92. The summed E-state index contributed by atoms with van der Waals surface area (Å²) in [5, 5.41) is 25.3. The summed E-state index contributed by atoms with van der Waals surface area (Å²) in [6.45, 7) is -0.340. The van der Waals surface area contributed by atoms with Gasteiger partial charge in [0.2, 0.25) is 0 Å². The number of nitrogens with zero attached hydrogens (tertiary/aromatic N) is 1. The largest absolute Gasteiger partial charge is 0.479 e. The van der Waals surface area contributed by atoms with Gasteiger partial charge in [0.1, 0.15) is 5.69 Å². The van der Waals surface area contributed by atoms with Crippen LogP contribution in [0.3, 0.4) is 0 Å². The first kappa shape index (κ1) is 10.2. The predicted molar refractivity (Wildman–Crippen MR) is 44.6 cm³/mol. The average molecular weight is 199 g/mol. The Morgan fingerprint density at radius 1 is 1.64 bits per heavy atom. The van der Waals surface area contributed by atoms with Gasteiger partial charge in [0.25, 0.3) is 5.91 Å². The summed E-state index contributed by atoms with van der Waals surface area (Å²) in [5.74, 6) is -1.89. The molecule has 0 bridgehead atoms. The minimum absolute atomic E-state index is 0.211. The van der Waals surface area contributed by atoms with Crippen LogP contribution in [0.1, 0.15) is 10.5 Å². The van der Waals surface area contributed by atoms with Crippen molar-refractivity contribution < 1.29 is 19.8 Å². The van der Waals surface area contributed by atoms with E-state index >= 15 is 0 Å². The maximum atomic E-state index is 11.1. The van der Waals surface area contributed by atoms with Gasteiger partial charge in [0.05, 0.1) is 6.54 Å². The standard InChI is InChI=1S/C7H9N3O4/c11-5(7(13)14)3-8-6(12)4-1-2-9-10-4/h1-2,5,11H,3H2,(H,8,12)(H,9,10)(H,13,14). The minimum Gasteiger partial charge on any atom is -0.479 e. The van der Waals surface area contributed by atoms with Crippen molar-refractivity contribution in [3.05, 3.63) is 18.0 Å². The summed E-state index contributed by atoms with van der Waals surface area (Å²) in [7, 11) is 0. The van der Waals surface area contributed by atoms with E-state index in [1.807, 2.05) is 0 Å². The maximum absolute atomic E-state index is 11.1. The Balaban J connectivity index is 2.40. The third kappa shape index (κ3) is 2.56. The third-order valence-corrected chi connectivity index (χ3v) is 1.49. The number of H-pyrrole nitrogens is 1. The van der Waals surface area contributed by atoms with Crippen molar-refractivity contribution in [2.75, 3.05) is 6.54 Å². The van der Waals surface area contributed by atoms with Gasteiger partial charge in [-0.05, 0) is 6.07 Å². The molecule has 7 nitrogen and oxygen atoms in total. The van der Waals surface area contributed by atoms with Crippen molar-refractivity contribution in [3.8, 4) is 0 Å². The molecule has 1 rings (SSSR count). The number of carboxylic acids is 1. The monoisotopic (exact) mass is 199 g/mol. The number of aromatic nitrogens is 2. The molecule has 14 heavy (non-hydrogen) atoms. The number of hydrogen-bond donors (Lipinski definition) is 4. The van der Waals surface area contributed by atoms with Crippen LogP contribution < -0.4 is 5.32 Å². The van der Waals surface area contributed by atoms with Gasteiger partial charge < -0.3 is 15.5 Å². The van der Waals surface area contributed by atoms with Crippen LogP contribution in [0.5, 0.6) is 0 Å². The number of carbonyl (C=O) groups is 2. The van der Waals surface area contributed by atoms with Crippen molar-refractivity contribution in [1.82, 2.24) is 15.5 Å². The van der Waals surface area contributed by atoms with Crippen LogP contribution in [0.15, 0.2) is 12.3 Å². The van der Waals surface area contributed by atoms with Gasteiger partial charge in [-0.3, -0.25) is 9.89 Å². The van der Waals surface area contributed by atoms with Crippen LogP contribution in [-0.2, 0) is 4.79 Å². The van der Waals surface area contributed by atoms with Crippen LogP contribution in [0, 0.1) is 0 Å². The molecule has 0 spiro atoms. The Kier molecular flexibility index (Phi) is 3.19. The fraction of sp³-hybridized carbons (Fsp3) is 0.286. The van der Waals surface area contributed by atoms with Crippen LogP contribution in [0.4, 0.5) is 0 Å². The van der Waals surface area contributed by atoms with Crippen molar-refractivity contribution >= 4 is 11.9 Å². The third-order valence-electron chi connectivity index (χ3n) is 1.49. The van der Waals surface area contributed by atoms with Gasteiger partial charge in [-0.2, -0.15) is 5.10 Å². The number of carboxylic acid groups (broad SMARTS) is 1. The molecule has 1 heterocycles. The Hall–Kier alpha value is -1.89. The van der Waals surface area contributed by atoms with E-state index in [0.29, 0.717) is 0 Å². The lowest BCUT2D eigenvalue weighted by Gasteiger charge is -2.05. The van der Waals surface area contributed by atoms with Crippen molar-refractivity contribution in [3.63, 3.8) is 0 Å². The zero-order chi connectivity index (χ0) is 10.6. The maximum Gasteiger partial charge on any atom is 0.334 e. The van der Waals surface area contributed by atoms with Gasteiger partial charge in [-0.25, -0.2) is 4.79 Å². The number of carbonyl (C=O) groups excluding carboxylic acids is 1. The first-order valence-corrected chi connectivity index (χ1v) is 3.79. The quantitative estimate of drug-likeness (QED) is 0.475. The molecule has 1 amide bonds. The fourth-order valence-corrected chi connectivity index (χ4v) is 0.754. The second kappa shape index (κ2) is 4.38. The molecule has 1 atom stereocenters. The summed E-state index contributed by atoms with van der Waals surface area (Å²) < 4.78 is 0. The topological polar surface area (TPSA) is 115 Å². The van der Waals surface area contributed by atoms with Crippen LogP contribution >= 0.6 is 0 Å². The van der Waals surface area contributed by atoms with Crippen molar-refractivity contribution in [2.24, 2.45) is 0 Å². The summed E-state index contributed by atoms with van der Waals surface area (Å²) in [4.78, 5) is 21.3. The number of hydrogen-bond acceptors (Lipinski definition) is 4. The number of rotatable bonds is 4. The summed E-state index contributed by atoms with van der Waals surface area (Å²) >= 11 is 0. The number of aliphatic hydroxyl groups is 1. The van der Waals surface area contributed by atoms with E-state index in [1.54, 1.807) is 0 Å². The number of amides is 1. The number of nitrogens with one attached hydrogen (secondary N) is 2. The van der Waals surface area contributed by atoms with E-state index < -0.39 is 18.0 Å². The molecule has 76 valence electrons. The van der Waals surface area contributed by atoms with E-state index in [2.05, 4.69) is 15.5 Å². The summed E-state index contributed by atoms with van der Waals surface area (Å²) in [6, 6.07) is 1.43. The molecule has 7 heteroatoms. The van der Waals surface area contributed by atoms with Crippen molar-refractivity contribution in [2.45, 2.75) is 6.10 Å². The smallest absolute Gasteiger partial charge is 0.334 e. The molecule has 0 radical (unpaired) electrons. The molecule has 0 aliphatic rings. The molecule has 1 aromatic heterocycles. The molecular weight excluding hydrogens is 190 g/mol. The van der Waals surface area contributed by atoms with Crippen molar-refractivity contribution in [1.29, 1.82) is 0 Å². The Morgan fingerprint density at radius 2 is 2.36 bits per heavy atom. The van der Waals surface area contributed by atoms with Gasteiger partial charge in [0, 0.05) is 6.20 Å². The summed E-state index contributed by atoms with van der Waals surface area (Å²) in [6.07, 6.45) is -0.204. The molecule has 0 saturated heterocycles. The molecule has 4 N–H and O–H groups in total. The minimum atomic E-state index is -1.60. The van der Waals surface area contributed by atoms with Gasteiger partial charge in [0.15, 0.2) is 6.10 Å². The van der Waals surface area contributed by atoms with E-state index in [-0.39, 0.29) is 12.2 Å². The van der Waals surface area contributed by atoms with E-state index in [9.17, 15) is 9.59 Å². The summed E-state index contributed by atoms with van der Waals surface area (Å²) in [5.41, 5.74) is 0.211. The van der Waals surface area contributed by atoms with Gasteiger partial charge in [-0.1, -0.05) is 0 Å². The number of aliphatic hydroxyl groups excluding tert-OH is 1. The van der Waals surface area contributed by atoms with E-state index in [4.69, 9.17) is 10.2 Å². The second-order valence-corrected chi connectivity index (χ2v) is 2.53. The Morgan fingerprint density at radius 3 is 2.86 bits per heavy atom. The van der Waals surface area contributed by atoms with Gasteiger partial charge >= 0.3 is 5.97 Å². The molecular formula is C7H9N3O4. The zero-order valence-corrected chi connectivity index (χ0v) is 7.10. The Labute approximate surface area is 78.7 Å². The average Bonchev–Trinajstić information content (AvgIpc) is 2.66. The molecule has 1 unspecified atom stereocenters. The molecule has 1 aromatic rings. The lowest BCUT2D eigenvalue weighted by Crippen LogP contribution is -2.36.